The SMILES string of the molecule is C=C(CO)C(=O)OCCCc1ccc(-c2ccc(-c3cccc(CCCOC(=O)C(C)CO)c3)c(CCCCCCC)c2)cc1. The maximum atomic E-state index is 11.8. The van der Waals surface area contributed by atoms with Gasteiger partial charge in [0.05, 0.1) is 37.9 Å². The van der Waals surface area contributed by atoms with E-state index in [4.69, 9.17) is 19.7 Å². The number of hydrogen-bond acceptors (Lipinski definition) is 6. The summed E-state index contributed by atoms with van der Waals surface area (Å²) in [6, 6.07) is 24.0. The molecule has 0 fully saturated rings. The number of ether oxygens (including phenoxy) is 2. The molecular weight excluding hydrogens is 564 g/mol. The van der Waals surface area contributed by atoms with E-state index in [1.54, 1.807) is 6.92 Å². The summed E-state index contributed by atoms with van der Waals surface area (Å²) in [5.74, 6) is -1.39. The highest BCUT2D eigenvalue weighted by molar-refractivity contribution is 5.87. The third-order valence-electron chi connectivity index (χ3n) is 8.03. The molecule has 0 saturated carbocycles. The van der Waals surface area contributed by atoms with Crippen molar-refractivity contribution >= 4 is 11.9 Å². The first-order valence-electron chi connectivity index (χ1n) is 16.4. The molecule has 3 aromatic carbocycles. The molecule has 3 rings (SSSR count). The van der Waals surface area contributed by atoms with Gasteiger partial charge in [0.2, 0.25) is 0 Å². The van der Waals surface area contributed by atoms with E-state index in [2.05, 4.69) is 80.2 Å². The average molecular weight is 615 g/mol. The Balaban J connectivity index is 1.69. The Kier molecular flexibility index (Phi) is 15.6. The van der Waals surface area contributed by atoms with E-state index < -0.39 is 11.9 Å². The van der Waals surface area contributed by atoms with Crippen LogP contribution in [0.5, 0.6) is 0 Å². The summed E-state index contributed by atoms with van der Waals surface area (Å²) in [6.07, 6.45) is 10.2. The Morgan fingerprint density at radius 3 is 2.13 bits per heavy atom. The van der Waals surface area contributed by atoms with Crippen molar-refractivity contribution in [3.8, 4) is 22.3 Å². The number of hydrogen-bond donors (Lipinski definition) is 2. The highest BCUT2D eigenvalue weighted by atomic mass is 16.5. The topological polar surface area (TPSA) is 93.1 Å². The van der Waals surface area contributed by atoms with Gasteiger partial charge in [-0.05, 0) is 84.4 Å². The van der Waals surface area contributed by atoms with Crippen LogP contribution in [0, 0.1) is 5.92 Å². The Morgan fingerprint density at radius 1 is 0.733 bits per heavy atom. The molecule has 6 heteroatoms. The van der Waals surface area contributed by atoms with Crippen LogP contribution in [0.3, 0.4) is 0 Å². The fourth-order valence-corrected chi connectivity index (χ4v) is 5.21. The Morgan fingerprint density at radius 2 is 1.42 bits per heavy atom. The molecule has 0 heterocycles. The molecule has 1 atom stereocenters. The van der Waals surface area contributed by atoms with E-state index >= 15 is 0 Å². The van der Waals surface area contributed by atoms with Crippen molar-refractivity contribution in [3.63, 3.8) is 0 Å². The van der Waals surface area contributed by atoms with Crippen molar-refractivity contribution in [3.05, 3.63) is 95.6 Å². The molecule has 0 aromatic heterocycles. The van der Waals surface area contributed by atoms with Gasteiger partial charge >= 0.3 is 11.9 Å². The molecule has 2 N–H and O–H groups in total. The normalized spacial score (nSPS) is 11.6. The lowest BCUT2D eigenvalue weighted by Gasteiger charge is -2.14. The summed E-state index contributed by atoms with van der Waals surface area (Å²) in [7, 11) is 0. The third kappa shape index (κ3) is 11.9. The van der Waals surface area contributed by atoms with Crippen LogP contribution < -0.4 is 0 Å². The summed E-state index contributed by atoms with van der Waals surface area (Å²) in [6.45, 7) is 7.45. The highest BCUT2D eigenvalue weighted by Gasteiger charge is 2.13. The quantitative estimate of drug-likeness (QED) is 0.0771. The number of carbonyl (C=O) groups excluding carboxylic acids is 2. The molecular formula is C39H50O6. The van der Waals surface area contributed by atoms with Crippen LogP contribution in [0.15, 0.2) is 78.9 Å². The van der Waals surface area contributed by atoms with Crippen molar-refractivity contribution < 1.29 is 29.3 Å². The first kappa shape index (κ1) is 35.7. The van der Waals surface area contributed by atoms with E-state index in [1.165, 1.54) is 64.6 Å². The minimum atomic E-state index is -0.545. The molecule has 0 spiro atoms. The zero-order chi connectivity index (χ0) is 32.4. The molecule has 0 saturated heterocycles. The van der Waals surface area contributed by atoms with Crippen molar-refractivity contribution in [2.24, 2.45) is 5.92 Å². The Labute approximate surface area is 269 Å². The van der Waals surface area contributed by atoms with Gasteiger partial charge in [-0.1, -0.05) is 106 Å². The second kappa shape index (κ2) is 19.6. The molecule has 6 nitrogen and oxygen atoms in total. The molecule has 45 heavy (non-hydrogen) atoms. The number of unbranched alkanes of at least 4 members (excludes halogenated alkanes) is 4. The summed E-state index contributed by atoms with van der Waals surface area (Å²) in [5.41, 5.74) is 8.63. The lowest BCUT2D eigenvalue weighted by atomic mass is 9.90. The Hall–Kier alpha value is -3.74. The molecule has 3 aromatic rings. The van der Waals surface area contributed by atoms with Crippen LogP contribution in [0.4, 0.5) is 0 Å². The predicted octanol–water partition coefficient (Wildman–Crippen LogP) is 7.66. The first-order valence-corrected chi connectivity index (χ1v) is 16.4. The zero-order valence-corrected chi connectivity index (χ0v) is 27.1. The van der Waals surface area contributed by atoms with Gasteiger partial charge in [0.1, 0.15) is 0 Å². The summed E-state index contributed by atoms with van der Waals surface area (Å²) < 4.78 is 10.5. The van der Waals surface area contributed by atoms with Crippen LogP contribution in [-0.2, 0) is 38.3 Å². The van der Waals surface area contributed by atoms with Gasteiger partial charge in [-0.3, -0.25) is 4.79 Å². The standard InChI is InChI=1S/C39H50O6/c1-4-5-6-7-8-15-36-26-34(33-19-17-31(18-20-33)13-10-23-44-38(42)29(2)27-40)21-22-37(36)35-16-9-12-32(25-35)14-11-24-45-39(43)30(3)28-41/h9,12,16-22,25-26,30,40-41H,2,4-8,10-11,13-15,23-24,27-28H2,1,3H3. The van der Waals surface area contributed by atoms with Crippen molar-refractivity contribution in [2.45, 2.75) is 78.1 Å². The molecule has 0 bridgehead atoms. The average Bonchev–Trinajstić information content (AvgIpc) is 3.07. The van der Waals surface area contributed by atoms with E-state index in [9.17, 15) is 9.59 Å². The van der Waals surface area contributed by atoms with Crippen LogP contribution in [0.1, 0.15) is 75.5 Å². The monoisotopic (exact) mass is 614 g/mol. The maximum absolute atomic E-state index is 11.8. The fraction of sp³-hybridized carbons (Fsp3) is 0.436. The Bertz CT molecular complexity index is 1360. The molecule has 0 radical (unpaired) electrons. The van der Waals surface area contributed by atoms with Crippen LogP contribution in [-0.4, -0.2) is 48.6 Å². The molecule has 0 aliphatic carbocycles. The van der Waals surface area contributed by atoms with Crippen LogP contribution in [0.2, 0.25) is 0 Å². The van der Waals surface area contributed by atoms with Crippen LogP contribution >= 0.6 is 0 Å². The van der Waals surface area contributed by atoms with Gasteiger partial charge < -0.3 is 19.7 Å². The largest absolute Gasteiger partial charge is 0.465 e. The van der Waals surface area contributed by atoms with Gasteiger partial charge in [0, 0.05) is 0 Å². The number of rotatable bonds is 20. The van der Waals surface area contributed by atoms with Crippen LogP contribution in [0.25, 0.3) is 22.3 Å². The molecule has 0 aliphatic rings. The number of carbonyl (C=O) groups is 2. The first-order chi connectivity index (χ1) is 21.9. The second-order valence-corrected chi connectivity index (χ2v) is 11.8. The molecule has 0 aliphatic heterocycles. The lowest BCUT2D eigenvalue weighted by molar-refractivity contribution is -0.149. The number of esters is 2. The van der Waals surface area contributed by atoms with E-state index in [1.807, 2.05) is 0 Å². The third-order valence-corrected chi connectivity index (χ3v) is 8.03. The summed E-state index contributed by atoms with van der Waals surface area (Å²) in [5, 5.41) is 18.1. The van der Waals surface area contributed by atoms with E-state index in [0.717, 1.165) is 32.1 Å². The number of aryl methyl sites for hydroxylation is 3. The second-order valence-electron chi connectivity index (χ2n) is 11.8. The zero-order valence-electron chi connectivity index (χ0n) is 27.1. The van der Waals surface area contributed by atoms with E-state index in [0.29, 0.717) is 19.6 Å². The van der Waals surface area contributed by atoms with Gasteiger partial charge in [0.15, 0.2) is 0 Å². The smallest absolute Gasteiger partial charge is 0.335 e. The minimum Gasteiger partial charge on any atom is -0.465 e. The number of aliphatic hydroxyl groups excluding tert-OH is 2. The van der Waals surface area contributed by atoms with Gasteiger partial charge in [-0.15, -0.1) is 0 Å². The van der Waals surface area contributed by atoms with Gasteiger partial charge in [-0.25, -0.2) is 4.79 Å². The highest BCUT2D eigenvalue weighted by Crippen LogP contribution is 2.31. The maximum Gasteiger partial charge on any atom is 0.335 e. The van der Waals surface area contributed by atoms with Gasteiger partial charge in [0.25, 0.3) is 0 Å². The lowest BCUT2D eigenvalue weighted by Crippen LogP contribution is -2.18. The summed E-state index contributed by atoms with van der Waals surface area (Å²) >= 11 is 0. The van der Waals surface area contributed by atoms with Crippen molar-refractivity contribution in [2.75, 3.05) is 26.4 Å². The fourth-order valence-electron chi connectivity index (χ4n) is 5.21. The predicted molar refractivity (Wildman–Crippen MR) is 181 cm³/mol. The molecule has 242 valence electrons. The van der Waals surface area contributed by atoms with Crippen molar-refractivity contribution in [1.82, 2.24) is 0 Å². The molecule has 0 amide bonds. The van der Waals surface area contributed by atoms with E-state index in [-0.39, 0.29) is 24.8 Å². The minimum absolute atomic E-state index is 0.0724. The number of benzene rings is 3. The molecule has 1 unspecified atom stereocenters. The number of aliphatic hydroxyl groups is 2. The van der Waals surface area contributed by atoms with Gasteiger partial charge in [-0.2, -0.15) is 0 Å². The van der Waals surface area contributed by atoms with Crippen molar-refractivity contribution in [1.29, 1.82) is 0 Å². The summed E-state index contributed by atoms with van der Waals surface area (Å²) in [4.78, 5) is 23.5.